The van der Waals surface area contributed by atoms with Gasteiger partial charge in [0.05, 0.1) is 37.4 Å². The predicted octanol–water partition coefficient (Wildman–Crippen LogP) is 7.38. The molecule has 0 bridgehead atoms. The van der Waals surface area contributed by atoms with E-state index in [4.69, 9.17) is 11.6 Å². The first-order chi connectivity index (χ1) is 19.5. The average molecular weight is 576 g/mol. The highest BCUT2D eigenvalue weighted by molar-refractivity contribution is 6.28. The molecule has 4 aromatic rings. The average Bonchev–Trinajstić information content (AvgIpc) is 2.93. The lowest BCUT2D eigenvalue weighted by Crippen LogP contribution is -2.34. The van der Waals surface area contributed by atoms with Crippen LogP contribution in [-0.2, 0) is 0 Å². The summed E-state index contributed by atoms with van der Waals surface area (Å²) < 4.78 is 0.653. The van der Waals surface area contributed by atoms with Gasteiger partial charge in [0.25, 0.3) is 5.69 Å². The molecule has 0 spiro atoms. The molecular formula is C28H32ClN10O2+. The second-order valence-corrected chi connectivity index (χ2v) is 10.2. The molecule has 0 atom stereocenters. The van der Waals surface area contributed by atoms with Gasteiger partial charge < -0.3 is 15.5 Å². The van der Waals surface area contributed by atoms with Crippen LogP contribution in [0.4, 0.5) is 51.7 Å². The Kier molecular flexibility index (Phi) is 9.05. The van der Waals surface area contributed by atoms with Gasteiger partial charge in [-0.2, -0.15) is 20.1 Å². The van der Waals surface area contributed by atoms with Crippen molar-refractivity contribution in [2.24, 2.45) is 10.2 Å². The van der Waals surface area contributed by atoms with Gasteiger partial charge in [-0.25, -0.2) is 0 Å². The van der Waals surface area contributed by atoms with Crippen LogP contribution in [0.5, 0.6) is 0 Å². The lowest BCUT2D eigenvalue weighted by Gasteiger charge is -2.23. The normalized spacial score (nSPS) is 11.5. The zero-order valence-corrected chi connectivity index (χ0v) is 24.3. The number of anilines is 5. The maximum Gasteiger partial charge on any atom is 0.269 e. The molecule has 0 aliphatic rings. The van der Waals surface area contributed by atoms with Crippen LogP contribution in [0.1, 0.15) is 13.8 Å². The molecule has 0 unspecified atom stereocenters. The summed E-state index contributed by atoms with van der Waals surface area (Å²) >= 11 is 6.29. The zero-order valence-electron chi connectivity index (χ0n) is 23.5. The van der Waals surface area contributed by atoms with Crippen LogP contribution in [0.2, 0.25) is 5.28 Å². The molecular weight excluding hydrogens is 544 g/mol. The molecule has 0 saturated heterocycles. The van der Waals surface area contributed by atoms with E-state index in [2.05, 4.69) is 75.7 Å². The molecule has 0 aliphatic carbocycles. The fourth-order valence-corrected chi connectivity index (χ4v) is 4.12. The molecule has 0 amide bonds. The van der Waals surface area contributed by atoms with Gasteiger partial charge in [-0.05, 0) is 67.9 Å². The number of hydrogen-bond donors (Lipinski definition) is 2. The first kappa shape index (κ1) is 29.3. The van der Waals surface area contributed by atoms with Crippen molar-refractivity contribution >= 4 is 63.3 Å². The molecule has 3 aromatic carbocycles. The number of nitrogens with one attached hydrogen (secondary N) is 2. The predicted molar refractivity (Wildman–Crippen MR) is 165 cm³/mol. The number of nitro groups is 1. The number of nitro benzene ring substituents is 1. The second-order valence-electron chi connectivity index (χ2n) is 9.91. The lowest BCUT2D eigenvalue weighted by molar-refractivity contribution is -0.384. The molecule has 1 aromatic heterocycles. The molecule has 2 N–H and O–H groups in total. The van der Waals surface area contributed by atoms with Gasteiger partial charge in [0.15, 0.2) is 0 Å². The Morgan fingerprint density at radius 2 is 1.59 bits per heavy atom. The number of halogens is 1. The maximum atomic E-state index is 11.0. The quantitative estimate of drug-likeness (QED) is 0.0818. The van der Waals surface area contributed by atoms with Gasteiger partial charge in [0.1, 0.15) is 11.4 Å². The highest BCUT2D eigenvalue weighted by Gasteiger charge is 2.15. The molecule has 0 saturated carbocycles. The van der Waals surface area contributed by atoms with Crippen LogP contribution in [0, 0.1) is 10.1 Å². The van der Waals surface area contributed by atoms with Crippen LogP contribution >= 0.6 is 11.6 Å². The van der Waals surface area contributed by atoms with E-state index in [1.165, 1.54) is 24.3 Å². The number of rotatable bonds is 11. The topological polar surface area (TPSA) is 134 Å². The molecule has 0 aliphatic heterocycles. The summed E-state index contributed by atoms with van der Waals surface area (Å²) in [6.07, 6.45) is 0. The summed E-state index contributed by atoms with van der Waals surface area (Å²) in [7, 11) is 6.26. The summed E-state index contributed by atoms with van der Waals surface area (Å²) in [5.74, 6) is 0.499. The minimum absolute atomic E-state index is 0.0155. The third kappa shape index (κ3) is 7.71. The largest absolute Gasteiger partial charge is 0.372 e. The number of aromatic nitrogens is 3. The zero-order chi connectivity index (χ0) is 29.6. The van der Waals surface area contributed by atoms with Crippen molar-refractivity contribution in [3.63, 3.8) is 0 Å². The van der Waals surface area contributed by atoms with Crippen LogP contribution in [-0.4, -0.2) is 54.1 Å². The van der Waals surface area contributed by atoms with Crippen molar-refractivity contribution in [3.8, 4) is 0 Å². The number of azo groups is 1. The van der Waals surface area contributed by atoms with Crippen molar-refractivity contribution in [1.29, 1.82) is 0 Å². The van der Waals surface area contributed by atoms with E-state index in [0.717, 1.165) is 30.2 Å². The van der Waals surface area contributed by atoms with Crippen molar-refractivity contribution < 1.29 is 4.92 Å². The Morgan fingerprint density at radius 3 is 2.22 bits per heavy atom. The first-order valence-electron chi connectivity index (χ1n) is 13.0. The fourth-order valence-electron chi connectivity index (χ4n) is 3.96. The molecule has 0 fully saturated rings. The smallest absolute Gasteiger partial charge is 0.269 e. The Hall–Kier alpha value is -4.68. The van der Waals surface area contributed by atoms with E-state index in [0.29, 0.717) is 21.5 Å². The summed E-state index contributed by atoms with van der Waals surface area (Å²) in [6, 6.07) is 19.5. The Labute approximate surface area is 243 Å². The van der Waals surface area contributed by atoms with Gasteiger partial charge in [-0.15, -0.1) is 5.11 Å². The van der Waals surface area contributed by atoms with Crippen LogP contribution < -0.4 is 20.0 Å². The standard InChI is InChI=1S/C28H32ClN10O2/c1-6-37(7-2)22-15-16-24(36-35-19-11-13-21(14-12-19)38(40)41)25(18-22)31-28-33-26(29)32-27(34-28)30-20-9-8-10-23(17-20)39(3,4)5/h8-18H,6-7H2,1-5H3,(H2,30,31,32,33,34)/q+1. The minimum Gasteiger partial charge on any atom is -0.372 e. The first-order valence-corrected chi connectivity index (χ1v) is 13.4. The molecule has 4 rings (SSSR count). The van der Waals surface area contributed by atoms with E-state index in [9.17, 15) is 10.1 Å². The van der Waals surface area contributed by atoms with Gasteiger partial charge in [0, 0.05) is 42.7 Å². The van der Waals surface area contributed by atoms with E-state index in [1.807, 2.05) is 42.5 Å². The van der Waals surface area contributed by atoms with Gasteiger partial charge in [0.2, 0.25) is 17.2 Å². The fraction of sp³-hybridized carbons (Fsp3) is 0.250. The monoisotopic (exact) mass is 575 g/mol. The van der Waals surface area contributed by atoms with Crippen molar-refractivity contribution in [3.05, 3.63) is 82.1 Å². The number of hydrogen-bond acceptors (Lipinski definition) is 10. The van der Waals surface area contributed by atoms with Crippen LogP contribution in [0.3, 0.4) is 0 Å². The highest BCUT2D eigenvalue weighted by atomic mass is 35.5. The number of benzene rings is 3. The van der Waals surface area contributed by atoms with Crippen molar-refractivity contribution in [2.75, 3.05) is 49.8 Å². The van der Waals surface area contributed by atoms with E-state index < -0.39 is 4.92 Å². The number of quaternary nitrogens is 1. The van der Waals surface area contributed by atoms with Crippen LogP contribution in [0.25, 0.3) is 0 Å². The van der Waals surface area contributed by atoms with Crippen molar-refractivity contribution in [2.45, 2.75) is 13.8 Å². The SMILES string of the molecule is CCN(CC)c1ccc(N=Nc2ccc([N+](=O)[O-])cc2)c(Nc2nc(Cl)nc(Nc3cccc([N+](C)(C)C)c3)n2)c1. The Balaban J connectivity index is 1.66. The third-order valence-corrected chi connectivity index (χ3v) is 6.34. The van der Waals surface area contributed by atoms with E-state index in [1.54, 1.807) is 0 Å². The Morgan fingerprint density at radius 1 is 0.902 bits per heavy atom. The van der Waals surface area contributed by atoms with E-state index in [-0.39, 0.29) is 22.9 Å². The summed E-state index contributed by atoms with van der Waals surface area (Å²) in [4.78, 5) is 25.7. The maximum absolute atomic E-state index is 11.0. The molecule has 41 heavy (non-hydrogen) atoms. The second kappa shape index (κ2) is 12.7. The summed E-state index contributed by atoms with van der Waals surface area (Å²) in [5.41, 5.74) is 4.45. The minimum atomic E-state index is -0.460. The molecule has 1 heterocycles. The van der Waals surface area contributed by atoms with Crippen LogP contribution in [0.15, 0.2) is 77.0 Å². The Bertz CT molecular complexity index is 1550. The molecule has 212 valence electrons. The number of nitrogens with zero attached hydrogens (tertiary/aromatic N) is 8. The molecule has 0 radical (unpaired) electrons. The lowest BCUT2D eigenvalue weighted by atomic mass is 10.2. The summed E-state index contributed by atoms with van der Waals surface area (Å²) in [5, 5.41) is 26.1. The van der Waals surface area contributed by atoms with Crippen molar-refractivity contribution in [1.82, 2.24) is 19.4 Å². The third-order valence-electron chi connectivity index (χ3n) is 6.17. The summed E-state index contributed by atoms with van der Waals surface area (Å²) in [6.45, 7) is 5.79. The van der Waals surface area contributed by atoms with E-state index >= 15 is 0 Å². The van der Waals surface area contributed by atoms with Gasteiger partial charge in [-0.1, -0.05) is 6.07 Å². The molecule has 12 nitrogen and oxygen atoms in total. The van der Waals surface area contributed by atoms with Gasteiger partial charge in [-0.3, -0.25) is 14.6 Å². The number of non-ortho nitro benzene ring substituents is 1. The highest BCUT2D eigenvalue weighted by Crippen LogP contribution is 2.34. The molecule has 13 heteroatoms. The van der Waals surface area contributed by atoms with Gasteiger partial charge >= 0.3 is 0 Å².